The quantitative estimate of drug-likeness (QED) is 0.689. The zero-order chi connectivity index (χ0) is 13.8. The minimum atomic E-state index is 0.526. The number of anilines is 1. The monoisotopic (exact) mass is 293 g/mol. The maximum Gasteiger partial charge on any atom is 0.106 e. The third-order valence-corrected chi connectivity index (χ3v) is 3.10. The van der Waals surface area contributed by atoms with E-state index in [9.17, 15) is 0 Å². The van der Waals surface area contributed by atoms with Gasteiger partial charge in [0, 0.05) is 24.8 Å². The third-order valence-electron chi connectivity index (χ3n) is 2.55. The van der Waals surface area contributed by atoms with E-state index in [1.165, 1.54) is 0 Å². The summed E-state index contributed by atoms with van der Waals surface area (Å²) in [6.45, 7) is 0. The van der Waals surface area contributed by atoms with Crippen LogP contribution in [0.1, 0.15) is 0 Å². The molecule has 0 spiro atoms. The van der Waals surface area contributed by atoms with Crippen molar-refractivity contribution in [1.29, 1.82) is 0 Å². The van der Waals surface area contributed by atoms with E-state index in [4.69, 9.17) is 23.2 Å². The summed E-state index contributed by atoms with van der Waals surface area (Å²) in [5.41, 5.74) is 2.44. The van der Waals surface area contributed by atoms with Gasteiger partial charge in [-0.1, -0.05) is 23.2 Å². The van der Waals surface area contributed by atoms with Crippen LogP contribution in [0.3, 0.4) is 0 Å². The van der Waals surface area contributed by atoms with Crippen LogP contribution in [0.25, 0.3) is 0 Å². The molecule has 2 aromatic carbocycles. The first kappa shape index (κ1) is 13.8. The Labute approximate surface area is 122 Å². The van der Waals surface area contributed by atoms with Crippen LogP contribution in [0.2, 0.25) is 10.0 Å². The summed E-state index contributed by atoms with van der Waals surface area (Å²) in [7, 11) is 3.98. The van der Waals surface area contributed by atoms with Crippen LogP contribution in [-0.2, 0) is 0 Å². The lowest BCUT2D eigenvalue weighted by atomic mass is 10.3. The van der Waals surface area contributed by atoms with Crippen LogP contribution in [0.15, 0.2) is 52.7 Å². The zero-order valence-electron chi connectivity index (χ0n) is 10.6. The number of hydrogen-bond donors (Lipinski definition) is 0. The van der Waals surface area contributed by atoms with Crippen molar-refractivity contribution < 1.29 is 0 Å². The van der Waals surface area contributed by atoms with E-state index < -0.39 is 0 Å². The first-order valence-corrected chi connectivity index (χ1v) is 6.46. The van der Waals surface area contributed by atoms with Crippen molar-refractivity contribution in [3.8, 4) is 0 Å². The van der Waals surface area contributed by atoms with Crippen molar-refractivity contribution >= 4 is 40.3 Å². The third kappa shape index (κ3) is 3.69. The van der Waals surface area contributed by atoms with E-state index in [0.717, 1.165) is 11.4 Å². The summed E-state index contributed by atoms with van der Waals surface area (Å²) in [6, 6.07) is 12.9. The van der Waals surface area contributed by atoms with E-state index in [1.54, 1.807) is 18.2 Å². The van der Waals surface area contributed by atoms with Crippen molar-refractivity contribution in [3.05, 3.63) is 52.5 Å². The Bertz CT molecular complexity index is 592. The molecule has 0 saturated carbocycles. The van der Waals surface area contributed by atoms with Gasteiger partial charge in [0.2, 0.25) is 0 Å². The van der Waals surface area contributed by atoms with Crippen LogP contribution in [0.5, 0.6) is 0 Å². The number of nitrogens with zero attached hydrogens (tertiary/aromatic N) is 3. The first-order valence-electron chi connectivity index (χ1n) is 5.70. The summed E-state index contributed by atoms with van der Waals surface area (Å²) in [6.07, 6.45) is 0. The van der Waals surface area contributed by atoms with Gasteiger partial charge in [0.05, 0.1) is 10.7 Å². The van der Waals surface area contributed by atoms with Crippen molar-refractivity contribution in [2.75, 3.05) is 19.0 Å². The van der Waals surface area contributed by atoms with Gasteiger partial charge in [0.25, 0.3) is 0 Å². The van der Waals surface area contributed by atoms with Gasteiger partial charge >= 0.3 is 0 Å². The lowest BCUT2D eigenvalue weighted by Gasteiger charge is -2.11. The Hall–Kier alpha value is -1.58. The molecule has 0 N–H and O–H groups in total. The van der Waals surface area contributed by atoms with Gasteiger partial charge < -0.3 is 4.90 Å². The van der Waals surface area contributed by atoms with E-state index >= 15 is 0 Å². The molecule has 0 heterocycles. The van der Waals surface area contributed by atoms with Gasteiger partial charge in [-0.05, 0) is 42.5 Å². The first-order chi connectivity index (χ1) is 9.06. The van der Waals surface area contributed by atoms with Gasteiger partial charge in [-0.25, -0.2) is 0 Å². The number of azo groups is 1. The van der Waals surface area contributed by atoms with Crippen molar-refractivity contribution in [2.24, 2.45) is 10.2 Å². The van der Waals surface area contributed by atoms with E-state index in [1.807, 2.05) is 43.3 Å². The van der Waals surface area contributed by atoms with Crippen molar-refractivity contribution in [3.63, 3.8) is 0 Å². The fourth-order valence-electron chi connectivity index (χ4n) is 1.49. The van der Waals surface area contributed by atoms with Crippen LogP contribution in [0.4, 0.5) is 17.1 Å². The van der Waals surface area contributed by atoms with E-state index in [-0.39, 0.29) is 0 Å². The van der Waals surface area contributed by atoms with Crippen LogP contribution < -0.4 is 4.90 Å². The molecule has 0 amide bonds. The second kappa shape index (κ2) is 6.04. The highest BCUT2D eigenvalue weighted by atomic mass is 35.5. The van der Waals surface area contributed by atoms with Gasteiger partial charge in [0.15, 0.2) is 0 Å². The molecule has 0 bridgehead atoms. The normalized spacial score (nSPS) is 10.9. The van der Waals surface area contributed by atoms with Crippen LogP contribution in [-0.4, -0.2) is 14.1 Å². The molecule has 0 saturated heterocycles. The SMILES string of the molecule is CN(C)c1ccc(N=Nc2cc(Cl)ccc2Cl)cc1. The molecule has 0 fully saturated rings. The number of benzene rings is 2. The Kier molecular flexibility index (Phi) is 4.40. The summed E-state index contributed by atoms with van der Waals surface area (Å²) in [4.78, 5) is 2.02. The Balaban J connectivity index is 2.20. The molecule has 0 aliphatic rings. The molecule has 2 rings (SSSR count). The zero-order valence-corrected chi connectivity index (χ0v) is 12.2. The largest absolute Gasteiger partial charge is 0.378 e. The van der Waals surface area contributed by atoms with Crippen molar-refractivity contribution in [1.82, 2.24) is 0 Å². The molecule has 2 aromatic rings. The van der Waals surface area contributed by atoms with E-state index in [2.05, 4.69) is 10.2 Å². The van der Waals surface area contributed by atoms with Crippen LogP contribution >= 0.6 is 23.2 Å². The second-order valence-corrected chi connectivity index (χ2v) is 5.05. The molecule has 5 heteroatoms. The Morgan fingerprint density at radius 1 is 0.895 bits per heavy atom. The molecular weight excluding hydrogens is 281 g/mol. The number of hydrogen-bond acceptors (Lipinski definition) is 3. The lowest BCUT2D eigenvalue weighted by molar-refractivity contribution is 1.13. The van der Waals surface area contributed by atoms with Crippen molar-refractivity contribution in [2.45, 2.75) is 0 Å². The molecule has 98 valence electrons. The van der Waals surface area contributed by atoms with Gasteiger partial charge in [-0.3, -0.25) is 0 Å². The van der Waals surface area contributed by atoms with Gasteiger partial charge in [-0.2, -0.15) is 5.11 Å². The maximum atomic E-state index is 6.01. The molecule has 0 aromatic heterocycles. The molecule has 0 radical (unpaired) electrons. The highest BCUT2D eigenvalue weighted by Gasteiger charge is 2.00. The molecule has 0 atom stereocenters. The highest BCUT2D eigenvalue weighted by molar-refractivity contribution is 6.35. The number of halogens is 2. The summed E-state index contributed by atoms with van der Waals surface area (Å²) < 4.78 is 0. The summed E-state index contributed by atoms with van der Waals surface area (Å²) in [5, 5.41) is 9.36. The predicted octanol–water partition coefficient (Wildman–Crippen LogP) is 5.47. The smallest absolute Gasteiger partial charge is 0.106 e. The highest BCUT2D eigenvalue weighted by Crippen LogP contribution is 2.29. The molecule has 0 aliphatic heterocycles. The average Bonchev–Trinajstić information content (AvgIpc) is 2.40. The maximum absolute atomic E-state index is 6.01. The fraction of sp³-hybridized carbons (Fsp3) is 0.143. The van der Waals surface area contributed by atoms with Crippen LogP contribution in [0, 0.1) is 0 Å². The second-order valence-electron chi connectivity index (χ2n) is 4.21. The number of rotatable bonds is 3. The molecule has 0 unspecified atom stereocenters. The van der Waals surface area contributed by atoms with E-state index in [0.29, 0.717) is 15.7 Å². The predicted molar refractivity (Wildman–Crippen MR) is 81.4 cm³/mol. The molecule has 0 aliphatic carbocycles. The molecule has 3 nitrogen and oxygen atoms in total. The average molecular weight is 294 g/mol. The minimum absolute atomic E-state index is 0.526. The van der Waals surface area contributed by atoms with Gasteiger partial charge in [0.1, 0.15) is 5.69 Å². The summed E-state index contributed by atoms with van der Waals surface area (Å²) in [5.74, 6) is 0. The fourth-order valence-corrected chi connectivity index (χ4v) is 1.81. The topological polar surface area (TPSA) is 28.0 Å². The lowest BCUT2D eigenvalue weighted by Crippen LogP contribution is -2.07. The standard InChI is InChI=1S/C14H13Cl2N3/c1-19(2)12-6-4-11(5-7-12)17-18-14-9-10(15)3-8-13(14)16/h3-9H,1-2H3. The Morgan fingerprint density at radius 2 is 1.58 bits per heavy atom. The molecule has 19 heavy (non-hydrogen) atoms. The Morgan fingerprint density at radius 3 is 2.21 bits per heavy atom. The minimum Gasteiger partial charge on any atom is -0.378 e. The summed E-state index contributed by atoms with van der Waals surface area (Å²) >= 11 is 11.9. The molecular formula is C14H13Cl2N3. The van der Waals surface area contributed by atoms with Gasteiger partial charge in [-0.15, -0.1) is 5.11 Å².